The predicted octanol–water partition coefficient (Wildman–Crippen LogP) is 3.71. The van der Waals surface area contributed by atoms with Crippen LogP contribution in [0.3, 0.4) is 0 Å². The predicted molar refractivity (Wildman–Crippen MR) is 68.9 cm³/mol. The molecule has 1 rings (SSSR count). The number of nitrogens with one attached hydrogen (secondary N) is 1. The van der Waals surface area contributed by atoms with Gasteiger partial charge in [-0.05, 0) is 37.1 Å². The van der Waals surface area contributed by atoms with Crippen molar-refractivity contribution in [3.05, 3.63) is 34.3 Å². The first-order valence-electron chi connectivity index (χ1n) is 4.84. The molecule has 0 heterocycles. The molecule has 0 amide bonds. The maximum absolute atomic E-state index is 3.46. The van der Waals surface area contributed by atoms with Gasteiger partial charge >= 0.3 is 0 Å². The second-order valence-electron chi connectivity index (χ2n) is 3.20. The van der Waals surface area contributed by atoms with Gasteiger partial charge in [-0.1, -0.05) is 44.0 Å². The summed E-state index contributed by atoms with van der Waals surface area (Å²) in [5.74, 6) is 0. The quantitative estimate of drug-likeness (QED) is 0.622. The van der Waals surface area contributed by atoms with Gasteiger partial charge in [-0.3, -0.25) is 0 Å². The summed E-state index contributed by atoms with van der Waals surface area (Å²) in [5, 5.41) is 4.52. The molecule has 0 unspecified atom stereocenters. The summed E-state index contributed by atoms with van der Waals surface area (Å²) < 4.78 is 1.15. The average Bonchev–Trinajstić information content (AvgIpc) is 2.18. The normalized spacial score (nSPS) is 10.4. The SMILES string of the molecule is BrCCCCNCc1cccc(Br)c1. The smallest absolute Gasteiger partial charge is 0.0205 e. The monoisotopic (exact) mass is 319 g/mol. The Kier molecular flexibility index (Phi) is 6.48. The standard InChI is InChI=1S/C11H15Br2N/c12-6-1-2-7-14-9-10-4-3-5-11(13)8-10/h3-5,8,14H,1-2,6-7,9H2. The minimum atomic E-state index is 0.960. The highest BCUT2D eigenvalue weighted by Gasteiger charge is 1.93. The van der Waals surface area contributed by atoms with Crippen molar-refractivity contribution in [2.75, 3.05) is 11.9 Å². The first-order chi connectivity index (χ1) is 6.83. The Morgan fingerprint density at radius 1 is 1.21 bits per heavy atom. The molecule has 1 N–H and O–H groups in total. The Labute approximate surface area is 103 Å². The molecule has 0 aliphatic heterocycles. The molecule has 0 spiro atoms. The zero-order valence-corrected chi connectivity index (χ0v) is 11.3. The molecule has 1 aromatic rings. The van der Waals surface area contributed by atoms with Crippen molar-refractivity contribution in [3.8, 4) is 0 Å². The van der Waals surface area contributed by atoms with Crippen LogP contribution >= 0.6 is 31.9 Å². The lowest BCUT2D eigenvalue weighted by molar-refractivity contribution is 0.644. The molecular formula is C11H15Br2N. The molecule has 1 nitrogen and oxygen atoms in total. The van der Waals surface area contributed by atoms with Gasteiger partial charge in [0.15, 0.2) is 0 Å². The lowest BCUT2D eigenvalue weighted by atomic mass is 10.2. The molecule has 0 aliphatic rings. The van der Waals surface area contributed by atoms with E-state index in [-0.39, 0.29) is 0 Å². The number of hydrogen-bond acceptors (Lipinski definition) is 1. The van der Waals surface area contributed by atoms with E-state index in [4.69, 9.17) is 0 Å². The van der Waals surface area contributed by atoms with Crippen molar-refractivity contribution in [2.24, 2.45) is 0 Å². The van der Waals surface area contributed by atoms with Gasteiger partial charge in [0.25, 0.3) is 0 Å². The molecular weight excluding hydrogens is 306 g/mol. The highest BCUT2D eigenvalue weighted by atomic mass is 79.9. The van der Waals surface area contributed by atoms with Crippen LogP contribution in [0.4, 0.5) is 0 Å². The van der Waals surface area contributed by atoms with Crippen LogP contribution in [0.25, 0.3) is 0 Å². The van der Waals surface area contributed by atoms with Crippen LogP contribution in [-0.4, -0.2) is 11.9 Å². The fraction of sp³-hybridized carbons (Fsp3) is 0.455. The lowest BCUT2D eigenvalue weighted by Crippen LogP contribution is -2.14. The van der Waals surface area contributed by atoms with E-state index in [1.807, 2.05) is 6.07 Å². The summed E-state index contributed by atoms with van der Waals surface area (Å²) in [7, 11) is 0. The molecule has 3 heteroatoms. The summed E-state index contributed by atoms with van der Waals surface area (Å²) in [4.78, 5) is 0. The first kappa shape index (κ1) is 12.2. The minimum Gasteiger partial charge on any atom is -0.313 e. The van der Waals surface area contributed by atoms with Crippen LogP contribution in [0.2, 0.25) is 0 Å². The number of rotatable bonds is 6. The third kappa shape index (κ3) is 5.13. The molecule has 0 aromatic heterocycles. The van der Waals surface area contributed by atoms with Crippen LogP contribution in [0.1, 0.15) is 18.4 Å². The molecule has 0 atom stereocenters. The molecule has 78 valence electrons. The van der Waals surface area contributed by atoms with Crippen LogP contribution in [0.15, 0.2) is 28.7 Å². The summed E-state index contributed by atoms with van der Waals surface area (Å²) in [6, 6.07) is 8.41. The fourth-order valence-corrected chi connectivity index (χ4v) is 2.07. The second kappa shape index (κ2) is 7.43. The zero-order chi connectivity index (χ0) is 10.2. The molecule has 0 bridgehead atoms. The molecule has 14 heavy (non-hydrogen) atoms. The fourth-order valence-electron chi connectivity index (χ4n) is 1.22. The maximum atomic E-state index is 3.46. The van der Waals surface area contributed by atoms with E-state index in [0.29, 0.717) is 0 Å². The number of benzene rings is 1. The third-order valence-electron chi connectivity index (χ3n) is 1.96. The Morgan fingerprint density at radius 2 is 2.07 bits per heavy atom. The van der Waals surface area contributed by atoms with Gasteiger partial charge in [-0.25, -0.2) is 0 Å². The van der Waals surface area contributed by atoms with Gasteiger partial charge in [-0.15, -0.1) is 0 Å². The second-order valence-corrected chi connectivity index (χ2v) is 4.91. The number of unbranched alkanes of at least 4 members (excludes halogenated alkanes) is 1. The highest BCUT2D eigenvalue weighted by molar-refractivity contribution is 9.10. The van der Waals surface area contributed by atoms with Crippen LogP contribution in [0, 0.1) is 0 Å². The average molecular weight is 321 g/mol. The first-order valence-corrected chi connectivity index (χ1v) is 6.75. The van der Waals surface area contributed by atoms with E-state index in [1.54, 1.807) is 0 Å². The van der Waals surface area contributed by atoms with Gasteiger partial charge < -0.3 is 5.32 Å². The number of halogens is 2. The summed E-state index contributed by atoms with van der Waals surface area (Å²) in [5.41, 5.74) is 1.33. The van der Waals surface area contributed by atoms with Gasteiger partial charge in [0.1, 0.15) is 0 Å². The van der Waals surface area contributed by atoms with Crippen molar-refractivity contribution in [3.63, 3.8) is 0 Å². The molecule has 1 aromatic carbocycles. The molecule has 0 fully saturated rings. The third-order valence-corrected chi connectivity index (χ3v) is 3.01. The van der Waals surface area contributed by atoms with Crippen LogP contribution < -0.4 is 5.32 Å². The Bertz CT molecular complexity index is 263. The van der Waals surface area contributed by atoms with Crippen molar-refractivity contribution in [1.82, 2.24) is 5.32 Å². The summed E-state index contributed by atoms with van der Waals surface area (Å²) in [6.07, 6.45) is 2.48. The molecule has 0 saturated heterocycles. The van der Waals surface area contributed by atoms with E-state index in [1.165, 1.54) is 18.4 Å². The van der Waals surface area contributed by atoms with Crippen molar-refractivity contribution in [1.29, 1.82) is 0 Å². The van der Waals surface area contributed by atoms with Crippen molar-refractivity contribution in [2.45, 2.75) is 19.4 Å². The van der Waals surface area contributed by atoms with E-state index >= 15 is 0 Å². The zero-order valence-electron chi connectivity index (χ0n) is 8.10. The number of alkyl halides is 1. The Hall–Kier alpha value is 0.140. The number of hydrogen-bond donors (Lipinski definition) is 1. The van der Waals surface area contributed by atoms with E-state index in [9.17, 15) is 0 Å². The van der Waals surface area contributed by atoms with Crippen molar-refractivity contribution < 1.29 is 0 Å². The lowest BCUT2D eigenvalue weighted by Gasteiger charge is -2.04. The topological polar surface area (TPSA) is 12.0 Å². The van der Waals surface area contributed by atoms with Gasteiger partial charge in [0.05, 0.1) is 0 Å². The summed E-state index contributed by atoms with van der Waals surface area (Å²) in [6.45, 7) is 2.06. The molecule has 0 saturated carbocycles. The largest absolute Gasteiger partial charge is 0.313 e. The van der Waals surface area contributed by atoms with Gasteiger partial charge in [-0.2, -0.15) is 0 Å². The summed E-state index contributed by atoms with van der Waals surface area (Å²) >= 11 is 6.88. The van der Waals surface area contributed by atoms with Gasteiger partial charge in [0.2, 0.25) is 0 Å². The highest BCUT2D eigenvalue weighted by Crippen LogP contribution is 2.11. The van der Waals surface area contributed by atoms with E-state index in [2.05, 4.69) is 55.4 Å². The molecule has 0 radical (unpaired) electrons. The van der Waals surface area contributed by atoms with Crippen LogP contribution in [0.5, 0.6) is 0 Å². The minimum absolute atomic E-state index is 0.960. The van der Waals surface area contributed by atoms with Crippen LogP contribution in [-0.2, 0) is 6.54 Å². The van der Waals surface area contributed by atoms with Crippen molar-refractivity contribution >= 4 is 31.9 Å². The Balaban J connectivity index is 2.18. The van der Waals surface area contributed by atoms with E-state index < -0.39 is 0 Å². The van der Waals surface area contributed by atoms with E-state index in [0.717, 1.165) is 22.9 Å². The molecule has 0 aliphatic carbocycles. The maximum Gasteiger partial charge on any atom is 0.0205 e. The Morgan fingerprint density at radius 3 is 2.79 bits per heavy atom. The van der Waals surface area contributed by atoms with Gasteiger partial charge in [0, 0.05) is 16.3 Å².